The van der Waals surface area contributed by atoms with Gasteiger partial charge in [-0.05, 0) is 30.2 Å². The van der Waals surface area contributed by atoms with Gasteiger partial charge in [-0.25, -0.2) is 0 Å². The lowest BCUT2D eigenvalue weighted by Crippen LogP contribution is -2.18. The van der Waals surface area contributed by atoms with Crippen LogP contribution < -0.4 is 10.1 Å². The predicted molar refractivity (Wildman–Crippen MR) is 73.8 cm³/mol. The van der Waals surface area contributed by atoms with E-state index in [0.717, 1.165) is 24.6 Å². The van der Waals surface area contributed by atoms with Crippen LogP contribution in [0.3, 0.4) is 0 Å². The fourth-order valence-electron chi connectivity index (χ4n) is 1.72. The molecule has 2 aromatic rings. The Labute approximate surface area is 113 Å². The van der Waals surface area contributed by atoms with E-state index in [1.807, 2.05) is 18.2 Å². The van der Waals surface area contributed by atoms with Crippen molar-refractivity contribution in [3.05, 3.63) is 47.9 Å². The highest BCUT2D eigenvalue weighted by atomic mass is 16.5. The number of nitrogens with one attached hydrogen (secondary N) is 1. The predicted octanol–water partition coefficient (Wildman–Crippen LogP) is 3.00. The second kappa shape index (κ2) is 6.95. The van der Waals surface area contributed by atoms with Gasteiger partial charge in [0, 0.05) is 12.6 Å². The maximum absolute atomic E-state index is 5.66. The average molecular weight is 260 g/mol. The van der Waals surface area contributed by atoms with Gasteiger partial charge >= 0.3 is 0 Å². The average Bonchev–Trinajstić information content (AvgIpc) is 2.89. The van der Waals surface area contributed by atoms with Crippen molar-refractivity contribution < 1.29 is 9.26 Å². The third-order valence-electron chi connectivity index (χ3n) is 2.65. The minimum Gasteiger partial charge on any atom is -0.486 e. The van der Waals surface area contributed by atoms with Gasteiger partial charge in [-0.3, -0.25) is 0 Å². The molecule has 0 spiro atoms. The van der Waals surface area contributed by atoms with E-state index in [1.54, 1.807) is 12.3 Å². The molecule has 0 atom stereocenters. The zero-order chi connectivity index (χ0) is 13.5. The van der Waals surface area contributed by atoms with Crippen LogP contribution in [0.1, 0.15) is 25.2 Å². The molecule has 4 nitrogen and oxygen atoms in total. The Balaban J connectivity index is 1.84. The van der Waals surface area contributed by atoms with Crippen LogP contribution in [0.5, 0.6) is 5.75 Å². The Hall–Kier alpha value is -1.81. The molecule has 102 valence electrons. The molecule has 0 radical (unpaired) electrons. The van der Waals surface area contributed by atoms with Crippen LogP contribution in [0, 0.1) is 5.92 Å². The van der Waals surface area contributed by atoms with Crippen LogP contribution in [0.4, 0.5) is 0 Å². The second-order valence-electron chi connectivity index (χ2n) is 4.94. The van der Waals surface area contributed by atoms with Crippen molar-refractivity contribution in [3.8, 4) is 5.75 Å². The molecule has 0 unspecified atom stereocenters. The molecule has 4 heteroatoms. The van der Waals surface area contributed by atoms with Crippen molar-refractivity contribution in [1.29, 1.82) is 0 Å². The molecule has 0 aliphatic carbocycles. The van der Waals surface area contributed by atoms with Gasteiger partial charge in [0.2, 0.25) is 0 Å². The number of aromatic nitrogens is 1. The Morgan fingerprint density at radius 3 is 2.95 bits per heavy atom. The molecular formula is C15H20N2O2. The lowest BCUT2D eigenvalue weighted by molar-refractivity contribution is 0.249. The summed E-state index contributed by atoms with van der Waals surface area (Å²) in [5.41, 5.74) is 1.22. The quantitative estimate of drug-likeness (QED) is 0.831. The number of benzene rings is 1. The van der Waals surface area contributed by atoms with Crippen molar-refractivity contribution in [3.63, 3.8) is 0 Å². The molecule has 0 aliphatic rings. The molecule has 0 bridgehead atoms. The standard InChI is InChI=1S/C15H20N2O2/c1-12(2)9-16-10-13-4-3-5-14(8-13)18-11-15-6-7-17-19-15/h3-8,12,16H,9-11H2,1-2H3. The summed E-state index contributed by atoms with van der Waals surface area (Å²) in [5, 5.41) is 7.06. The molecule has 1 aromatic carbocycles. The number of nitrogens with zero attached hydrogens (tertiary/aromatic N) is 1. The highest BCUT2D eigenvalue weighted by molar-refractivity contribution is 5.28. The topological polar surface area (TPSA) is 47.3 Å². The number of ether oxygens (including phenoxy) is 1. The van der Waals surface area contributed by atoms with Gasteiger partial charge in [-0.1, -0.05) is 31.1 Å². The second-order valence-corrected chi connectivity index (χ2v) is 4.94. The van der Waals surface area contributed by atoms with Crippen LogP contribution >= 0.6 is 0 Å². The summed E-state index contributed by atoms with van der Waals surface area (Å²) in [7, 11) is 0. The zero-order valence-electron chi connectivity index (χ0n) is 11.4. The Bertz CT molecular complexity index is 481. The van der Waals surface area contributed by atoms with E-state index in [-0.39, 0.29) is 0 Å². The molecule has 0 fully saturated rings. The molecule has 0 saturated heterocycles. The van der Waals surface area contributed by atoms with Crippen LogP contribution in [0.15, 0.2) is 41.1 Å². The van der Waals surface area contributed by atoms with Crippen molar-refractivity contribution in [2.75, 3.05) is 6.54 Å². The lowest BCUT2D eigenvalue weighted by Gasteiger charge is -2.09. The Kier molecular flexibility index (Phi) is 4.98. The zero-order valence-corrected chi connectivity index (χ0v) is 11.4. The van der Waals surface area contributed by atoms with E-state index in [1.165, 1.54) is 5.56 Å². The smallest absolute Gasteiger partial charge is 0.174 e. The van der Waals surface area contributed by atoms with Crippen LogP contribution in [-0.2, 0) is 13.2 Å². The van der Waals surface area contributed by atoms with Crippen LogP contribution in [0.25, 0.3) is 0 Å². The molecule has 1 heterocycles. The summed E-state index contributed by atoms with van der Waals surface area (Å²) in [6.45, 7) is 6.68. The van der Waals surface area contributed by atoms with Crippen molar-refractivity contribution >= 4 is 0 Å². The van der Waals surface area contributed by atoms with Gasteiger partial charge in [0.25, 0.3) is 0 Å². The first-order valence-electron chi connectivity index (χ1n) is 6.56. The fourth-order valence-corrected chi connectivity index (χ4v) is 1.72. The monoisotopic (exact) mass is 260 g/mol. The largest absolute Gasteiger partial charge is 0.486 e. The minimum absolute atomic E-state index is 0.406. The van der Waals surface area contributed by atoms with Crippen molar-refractivity contribution in [2.24, 2.45) is 5.92 Å². The Morgan fingerprint density at radius 1 is 1.32 bits per heavy atom. The van der Waals surface area contributed by atoms with Gasteiger partial charge < -0.3 is 14.6 Å². The molecule has 1 N–H and O–H groups in total. The van der Waals surface area contributed by atoms with E-state index in [4.69, 9.17) is 9.26 Å². The van der Waals surface area contributed by atoms with Gasteiger partial charge in [-0.2, -0.15) is 0 Å². The maximum atomic E-state index is 5.66. The third-order valence-corrected chi connectivity index (χ3v) is 2.65. The van der Waals surface area contributed by atoms with E-state index < -0.39 is 0 Å². The van der Waals surface area contributed by atoms with E-state index in [2.05, 4.69) is 30.4 Å². The summed E-state index contributed by atoms with van der Waals surface area (Å²) in [6, 6.07) is 9.89. The van der Waals surface area contributed by atoms with E-state index >= 15 is 0 Å². The number of hydrogen-bond donors (Lipinski definition) is 1. The summed E-state index contributed by atoms with van der Waals surface area (Å²) in [5.74, 6) is 2.23. The molecule has 1 aromatic heterocycles. The van der Waals surface area contributed by atoms with Crippen molar-refractivity contribution in [1.82, 2.24) is 10.5 Å². The molecule has 2 rings (SSSR count). The first-order chi connectivity index (χ1) is 9.24. The SMILES string of the molecule is CC(C)CNCc1cccc(OCc2ccno2)c1. The summed E-state index contributed by atoms with van der Waals surface area (Å²) in [6.07, 6.45) is 1.62. The Morgan fingerprint density at radius 2 is 2.21 bits per heavy atom. The highest BCUT2D eigenvalue weighted by Crippen LogP contribution is 2.15. The number of rotatable bonds is 7. The summed E-state index contributed by atoms with van der Waals surface area (Å²) < 4.78 is 10.6. The van der Waals surface area contributed by atoms with Gasteiger partial charge in [-0.15, -0.1) is 0 Å². The van der Waals surface area contributed by atoms with Gasteiger partial charge in [0.15, 0.2) is 5.76 Å². The normalized spacial score (nSPS) is 10.9. The van der Waals surface area contributed by atoms with E-state index in [9.17, 15) is 0 Å². The molecular weight excluding hydrogens is 240 g/mol. The van der Waals surface area contributed by atoms with Crippen molar-refractivity contribution in [2.45, 2.75) is 27.0 Å². The summed E-state index contributed by atoms with van der Waals surface area (Å²) >= 11 is 0. The van der Waals surface area contributed by atoms with E-state index in [0.29, 0.717) is 12.5 Å². The molecule has 19 heavy (non-hydrogen) atoms. The molecule has 0 amide bonds. The third kappa shape index (κ3) is 4.75. The fraction of sp³-hybridized carbons (Fsp3) is 0.400. The molecule has 0 aliphatic heterocycles. The first kappa shape index (κ1) is 13.6. The highest BCUT2D eigenvalue weighted by Gasteiger charge is 2.01. The summed E-state index contributed by atoms with van der Waals surface area (Å²) in [4.78, 5) is 0. The lowest BCUT2D eigenvalue weighted by atomic mass is 10.2. The minimum atomic E-state index is 0.406. The number of hydrogen-bond acceptors (Lipinski definition) is 4. The van der Waals surface area contributed by atoms with Crippen LogP contribution in [0.2, 0.25) is 0 Å². The van der Waals surface area contributed by atoms with Crippen LogP contribution in [-0.4, -0.2) is 11.7 Å². The first-order valence-corrected chi connectivity index (χ1v) is 6.56. The molecule has 0 saturated carbocycles. The van der Waals surface area contributed by atoms with Gasteiger partial charge in [0.05, 0.1) is 6.20 Å². The maximum Gasteiger partial charge on any atom is 0.174 e. The van der Waals surface area contributed by atoms with Gasteiger partial charge in [0.1, 0.15) is 12.4 Å².